The highest BCUT2D eigenvalue weighted by Gasteiger charge is 2.33. The molecule has 3 N–H and O–H groups in total. The van der Waals surface area contributed by atoms with E-state index in [4.69, 9.17) is 5.73 Å². The second-order valence-electron chi connectivity index (χ2n) is 4.16. The van der Waals surface area contributed by atoms with Crippen molar-refractivity contribution in [2.75, 3.05) is 5.32 Å². The first-order valence-corrected chi connectivity index (χ1v) is 5.98. The summed E-state index contributed by atoms with van der Waals surface area (Å²) in [6, 6.07) is 1.70. The predicted octanol–water partition coefficient (Wildman–Crippen LogP) is 2.16. The molecule has 0 unspecified atom stereocenters. The highest BCUT2D eigenvalue weighted by molar-refractivity contribution is 5.98. The Kier molecular flexibility index (Phi) is 3.83. The summed E-state index contributed by atoms with van der Waals surface area (Å²) < 4.78 is 39.6. The third-order valence-electron chi connectivity index (χ3n) is 2.67. The van der Waals surface area contributed by atoms with Crippen molar-refractivity contribution < 1.29 is 18.0 Å². The smallest absolute Gasteiger partial charge is 0.365 e. The molecule has 6 nitrogen and oxygen atoms in total. The van der Waals surface area contributed by atoms with Gasteiger partial charge in [-0.05, 0) is 19.1 Å². The number of alkyl halides is 3. The van der Waals surface area contributed by atoms with Crippen LogP contribution in [0.3, 0.4) is 0 Å². The number of nitrogens with one attached hydrogen (secondary N) is 1. The molecule has 0 saturated heterocycles. The molecule has 112 valence electrons. The van der Waals surface area contributed by atoms with E-state index >= 15 is 0 Å². The molecular formula is C12H12F3N5O. The number of amides is 1. The fourth-order valence-electron chi connectivity index (χ4n) is 1.65. The summed E-state index contributed by atoms with van der Waals surface area (Å²) >= 11 is 0. The highest BCUT2D eigenvalue weighted by Crippen LogP contribution is 2.30. The van der Waals surface area contributed by atoms with Crippen LogP contribution in [0.2, 0.25) is 0 Å². The van der Waals surface area contributed by atoms with E-state index in [1.165, 1.54) is 6.20 Å². The van der Waals surface area contributed by atoms with Crippen molar-refractivity contribution in [3.05, 3.63) is 35.8 Å². The van der Waals surface area contributed by atoms with Gasteiger partial charge in [-0.3, -0.25) is 9.48 Å². The maximum absolute atomic E-state index is 12.7. The van der Waals surface area contributed by atoms with Gasteiger partial charge in [0, 0.05) is 12.7 Å². The summed E-state index contributed by atoms with van der Waals surface area (Å²) in [5, 5.41) is 6.59. The van der Waals surface area contributed by atoms with E-state index in [2.05, 4.69) is 15.4 Å². The summed E-state index contributed by atoms with van der Waals surface area (Å²) in [5.41, 5.74) is 4.30. The number of aromatic nitrogens is 3. The zero-order valence-electron chi connectivity index (χ0n) is 11.0. The van der Waals surface area contributed by atoms with Crippen molar-refractivity contribution in [2.24, 2.45) is 5.73 Å². The largest absolute Gasteiger partial charge is 0.433 e. The first-order chi connectivity index (χ1) is 9.81. The van der Waals surface area contributed by atoms with Gasteiger partial charge in [0.15, 0.2) is 0 Å². The number of anilines is 2. The molecule has 0 saturated carbocycles. The number of primary amides is 1. The molecule has 21 heavy (non-hydrogen) atoms. The van der Waals surface area contributed by atoms with Gasteiger partial charge >= 0.3 is 6.18 Å². The molecule has 2 aromatic rings. The first kappa shape index (κ1) is 14.8. The Labute approximate surface area is 117 Å². The van der Waals surface area contributed by atoms with Crippen molar-refractivity contribution in [3.63, 3.8) is 0 Å². The summed E-state index contributed by atoms with van der Waals surface area (Å²) in [4.78, 5) is 14.7. The maximum Gasteiger partial charge on any atom is 0.433 e. The number of carbonyl (C=O) groups is 1. The van der Waals surface area contributed by atoms with Crippen LogP contribution in [0.4, 0.5) is 24.7 Å². The van der Waals surface area contributed by atoms with E-state index in [0.29, 0.717) is 18.3 Å². The van der Waals surface area contributed by atoms with E-state index in [0.717, 1.165) is 6.07 Å². The maximum atomic E-state index is 12.7. The number of hydrogen-bond acceptors (Lipinski definition) is 4. The predicted molar refractivity (Wildman–Crippen MR) is 68.9 cm³/mol. The molecule has 0 aromatic carbocycles. The van der Waals surface area contributed by atoms with E-state index in [1.807, 2.05) is 6.92 Å². The molecule has 0 aliphatic carbocycles. The molecule has 2 rings (SSSR count). The lowest BCUT2D eigenvalue weighted by molar-refractivity contribution is -0.141. The van der Waals surface area contributed by atoms with Crippen molar-refractivity contribution in [1.29, 1.82) is 0 Å². The van der Waals surface area contributed by atoms with Gasteiger partial charge in [0.1, 0.15) is 11.5 Å². The van der Waals surface area contributed by atoms with E-state index in [9.17, 15) is 18.0 Å². The third-order valence-corrected chi connectivity index (χ3v) is 2.67. The Hall–Kier alpha value is -2.58. The Bertz CT molecular complexity index is 665. The number of hydrogen-bond donors (Lipinski definition) is 2. The minimum atomic E-state index is -4.61. The molecule has 0 fully saturated rings. The Morgan fingerprint density at radius 2 is 2.14 bits per heavy atom. The van der Waals surface area contributed by atoms with Crippen LogP contribution in [0, 0.1) is 0 Å². The molecule has 0 aliphatic rings. The fourth-order valence-corrected chi connectivity index (χ4v) is 1.65. The standard InChI is InChI=1S/C12H12F3N5O/c1-2-20-6-7(5-17-20)18-11-8(10(16)21)3-4-9(19-11)12(13,14)15/h3-6H,2H2,1H3,(H2,16,21)(H,18,19). The normalized spacial score (nSPS) is 11.4. The second kappa shape index (κ2) is 5.43. The Morgan fingerprint density at radius 1 is 1.43 bits per heavy atom. The third kappa shape index (κ3) is 3.30. The molecule has 1 amide bonds. The first-order valence-electron chi connectivity index (χ1n) is 5.98. The van der Waals surface area contributed by atoms with Crippen molar-refractivity contribution in [3.8, 4) is 0 Å². The van der Waals surface area contributed by atoms with E-state index in [1.54, 1.807) is 10.9 Å². The fraction of sp³-hybridized carbons (Fsp3) is 0.250. The van der Waals surface area contributed by atoms with Gasteiger partial charge in [-0.25, -0.2) is 4.98 Å². The van der Waals surface area contributed by atoms with Crippen LogP contribution in [0.5, 0.6) is 0 Å². The summed E-state index contributed by atoms with van der Waals surface area (Å²) in [5.74, 6) is -1.13. The number of nitrogens with two attached hydrogens (primary N) is 1. The molecule has 0 atom stereocenters. The Morgan fingerprint density at radius 3 is 2.67 bits per heavy atom. The van der Waals surface area contributed by atoms with Crippen LogP contribution in [-0.4, -0.2) is 20.7 Å². The number of pyridine rings is 1. The molecular weight excluding hydrogens is 287 g/mol. The SMILES string of the molecule is CCn1cc(Nc2nc(C(F)(F)F)ccc2C(N)=O)cn1. The number of nitrogens with zero attached hydrogens (tertiary/aromatic N) is 3. The quantitative estimate of drug-likeness (QED) is 0.906. The second-order valence-corrected chi connectivity index (χ2v) is 4.16. The molecule has 2 aromatic heterocycles. The highest BCUT2D eigenvalue weighted by atomic mass is 19.4. The van der Waals surface area contributed by atoms with Crippen LogP contribution in [-0.2, 0) is 12.7 Å². The van der Waals surface area contributed by atoms with Crippen LogP contribution >= 0.6 is 0 Å². The van der Waals surface area contributed by atoms with Gasteiger partial charge in [-0.2, -0.15) is 18.3 Å². The number of rotatable bonds is 4. The van der Waals surface area contributed by atoms with Crippen molar-refractivity contribution in [2.45, 2.75) is 19.6 Å². The lowest BCUT2D eigenvalue weighted by Gasteiger charge is -2.11. The lowest BCUT2D eigenvalue weighted by Crippen LogP contribution is -2.17. The van der Waals surface area contributed by atoms with Crippen LogP contribution in [0.15, 0.2) is 24.5 Å². The summed E-state index contributed by atoms with van der Waals surface area (Å²) in [6.45, 7) is 2.45. The zero-order chi connectivity index (χ0) is 15.6. The van der Waals surface area contributed by atoms with Crippen LogP contribution < -0.4 is 11.1 Å². The minimum Gasteiger partial charge on any atom is -0.365 e. The summed E-state index contributed by atoms with van der Waals surface area (Å²) in [7, 11) is 0. The minimum absolute atomic E-state index is 0.132. The number of aryl methyl sites for hydroxylation is 1. The van der Waals surface area contributed by atoms with Gasteiger partial charge in [-0.15, -0.1) is 0 Å². The van der Waals surface area contributed by atoms with Crippen LogP contribution in [0.1, 0.15) is 23.0 Å². The Balaban J connectivity index is 2.41. The number of halogens is 3. The summed E-state index contributed by atoms with van der Waals surface area (Å²) in [6.07, 6.45) is -1.62. The zero-order valence-corrected chi connectivity index (χ0v) is 11.0. The average Bonchev–Trinajstić information content (AvgIpc) is 2.85. The molecule has 9 heteroatoms. The molecule has 0 bridgehead atoms. The monoisotopic (exact) mass is 299 g/mol. The lowest BCUT2D eigenvalue weighted by atomic mass is 10.2. The van der Waals surface area contributed by atoms with Gasteiger partial charge in [0.05, 0.1) is 17.4 Å². The number of carbonyl (C=O) groups excluding carboxylic acids is 1. The van der Waals surface area contributed by atoms with E-state index < -0.39 is 17.8 Å². The van der Waals surface area contributed by atoms with Crippen molar-refractivity contribution in [1.82, 2.24) is 14.8 Å². The van der Waals surface area contributed by atoms with Gasteiger partial charge in [0.25, 0.3) is 5.91 Å². The average molecular weight is 299 g/mol. The molecule has 2 heterocycles. The molecule has 0 radical (unpaired) electrons. The van der Waals surface area contributed by atoms with Gasteiger partial charge in [0.2, 0.25) is 0 Å². The topological polar surface area (TPSA) is 85.8 Å². The van der Waals surface area contributed by atoms with Crippen molar-refractivity contribution >= 4 is 17.4 Å². The molecule has 0 spiro atoms. The van der Waals surface area contributed by atoms with Gasteiger partial charge in [-0.1, -0.05) is 0 Å². The molecule has 0 aliphatic heterocycles. The van der Waals surface area contributed by atoms with Gasteiger partial charge < -0.3 is 11.1 Å². The van der Waals surface area contributed by atoms with E-state index in [-0.39, 0.29) is 11.4 Å². The van der Waals surface area contributed by atoms with Crippen LogP contribution in [0.25, 0.3) is 0 Å².